The van der Waals surface area contributed by atoms with Gasteiger partial charge in [0.05, 0.1) is 19.4 Å². The Morgan fingerprint density at radius 2 is 1.88 bits per heavy atom. The van der Waals surface area contributed by atoms with Crippen LogP contribution in [0.4, 0.5) is 0 Å². The SMILES string of the molecule is CCOc1ccc2ccccc2c1/C=N/NC(=O)CNC(=O)c1ccc2c(c1)OCCO2. The lowest BCUT2D eigenvalue weighted by Crippen LogP contribution is -2.35. The molecule has 2 amide bonds. The molecule has 2 N–H and O–H groups in total. The molecule has 0 aromatic heterocycles. The molecule has 0 bridgehead atoms. The van der Waals surface area contributed by atoms with Crippen molar-refractivity contribution in [2.45, 2.75) is 6.92 Å². The molecule has 1 aliphatic heterocycles. The number of carbonyl (C=O) groups excluding carboxylic acids is 2. The van der Waals surface area contributed by atoms with Crippen LogP contribution >= 0.6 is 0 Å². The Kier molecular flexibility index (Phi) is 6.50. The first-order chi connectivity index (χ1) is 15.7. The van der Waals surface area contributed by atoms with E-state index in [1.165, 1.54) is 0 Å². The van der Waals surface area contributed by atoms with Crippen LogP contribution in [0, 0.1) is 0 Å². The van der Waals surface area contributed by atoms with Gasteiger partial charge in [0.1, 0.15) is 19.0 Å². The van der Waals surface area contributed by atoms with Gasteiger partial charge in [0.25, 0.3) is 11.8 Å². The molecule has 0 saturated carbocycles. The summed E-state index contributed by atoms with van der Waals surface area (Å²) in [5, 5.41) is 8.62. The molecule has 0 atom stereocenters. The third-order valence-corrected chi connectivity index (χ3v) is 4.83. The zero-order valence-electron chi connectivity index (χ0n) is 17.6. The molecule has 0 saturated heterocycles. The van der Waals surface area contributed by atoms with Gasteiger partial charge in [0.15, 0.2) is 11.5 Å². The molecule has 164 valence electrons. The zero-order valence-corrected chi connectivity index (χ0v) is 17.6. The van der Waals surface area contributed by atoms with Crippen molar-refractivity contribution in [3.05, 3.63) is 65.7 Å². The largest absolute Gasteiger partial charge is 0.493 e. The molecule has 4 rings (SSSR count). The molecule has 32 heavy (non-hydrogen) atoms. The van der Waals surface area contributed by atoms with E-state index >= 15 is 0 Å². The number of hydrazone groups is 1. The van der Waals surface area contributed by atoms with E-state index in [-0.39, 0.29) is 6.54 Å². The van der Waals surface area contributed by atoms with E-state index < -0.39 is 11.8 Å². The first kappa shape index (κ1) is 21.2. The molecule has 0 radical (unpaired) electrons. The number of benzene rings is 3. The van der Waals surface area contributed by atoms with Crippen LogP contribution in [0.3, 0.4) is 0 Å². The topological polar surface area (TPSA) is 98.2 Å². The minimum absolute atomic E-state index is 0.224. The maximum atomic E-state index is 12.4. The second-order valence-corrected chi connectivity index (χ2v) is 6.97. The van der Waals surface area contributed by atoms with Crippen LogP contribution in [-0.4, -0.2) is 44.4 Å². The number of nitrogens with one attached hydrogen (secondary N) is 2. The maximum absolute atomic E-state index is 12.4. The number of nitrogens with zero attached hydrogens (tertiary/aromatic N) is 1. The van der Waals surface area contributed by atoms with Crippen molar-refractivity contribution in [2.24, 2.45) is 5.10 Å². The Labute approximate surface area is 185 Å². The number of rotatable bonds is 7. The van der Waals surface area contributed by atoms with Crippen molar-refractivity contribution in [2.75, 3.05) is 26.4 Å². The summed E-state index contributed by atoms with van der Waals surface area (Å²) in [6, 6.07) is 16.6. The molecule has 3 aromatic rings. The lowest BCUT2D eigenvalue weighted by atomic mass is 10.0. The van der Waals surface area contributed by atoms with Crippen molar-refractivity contribution in [1.82, 2.24) is 10.7 Å². The van der Waals surface area contributed by atoms with Crippen LogP contribution in [-0.2, 0) is 4.79 Å². The third kappa shape index (κ3) is 4.80. The normalized spacial score (nSPS) is 12.5. The van der Waals surface area contributed by atoms with Gasteiger partial charge < -0.3 is 19.5 Å². The molecule has 1 heterocycles. The molecule has 3 aromatic carbocycles. The number of hydrogen-bond acceptors (Lipinski definition) is 6. The first-order valence-corrected chi connectivity index (χ1v) is 10.3. The summed E-state index contributed by atoms with van der Waals surface area (Å²) >= 11 is 0. The summed E-state index contributed by atoms with van der Waals surface area (Å²) in [6.45, 7) is 3.10. The van der Waals surface area contributed by atoms with Gasteiger partial charge in [-0.1, -0.05) is 30.3 Å². The zero-order chi connectivity index (χ0) is 22.3. The Hall–Kier alpha value is -4.07. The molecule has 8 nitrogen and oxygen atoms in total. The molecule has 0 spiro atoms. The van der Waals surface area contributed by atoms with Crippen molar-refractivity contribution in [3.8, 4) is 17.2 Å². The van der Waals surface area contributed by atoms with Gasteiger partial charge >= 0.3 is 0 Å². The summed E-state index contributed by atoms with van der Waals surface area (Å²) in [4.78, 5) is 24.5. The summed E-state index contributed by atoms with van der Waals surface area (Å²) in [5.41, 5.74) is 3.58. The van der Waals surface area contributed by atoms with Crippen LogP contribution < -0.4 is 25.0 Å². The van der Waals surface area contributed by atoms with Crippen molar-refractivity contribution < 1.29 is 23.8 Å². The molecule has 8 heteroatoms. The summed E-state index contributed by atoms with van der Waals surface area (Å²) < 4.78 is 16.6. The lowest BCUT2D eigenvalue weighted by molar-refractivity contribution is -0.120. The highest BCUT2D eigenvalue weighted by Crippen LogP contribution is 2.30. The second-order valence-electron chi connectivity index (χ2n) is 6.97. The number of carbonyl (C=O) groups is 2. The van der Waals surface area contributed by atoms with Crippen molar-refractivity contribution >= 4 is 28.8 Å². The number of hydrogen-bond donors (Lipinski definition) is 2. The van der Waals surface area contributed by atoms with E-state index in [1.54, 1.807) is 24.4 Å². The average molecular weight is 433 g/mol. The van der Waals surface area contributed by atoms with Gasteiger partial charge in [-0.3, -0.25) is 9.59 Å². The van der Waals surface area contributed by atoms with Gasteiger partial charge in [-0.15, -0.1) is 0 Å². The van der Waals surface area contributed by atoms with E-state index in [0.29, 0.717) is 42.6 Å². The fourth-order valence-corrected chi connectivity index (χ4v) is 3.35. The number of fused-ring (bicyclic) bond motifs is 2. The van der Waals surface area contributed by atoms with Gasteiger partial charge in [-0.25, -0.2) is 5.43 Å². The van der Waals surface area contributed by atoms with E-state index in [9.17, 15) is 9.59 Å². The monoisotopic (exact) mass is 433 g/mol. The fourth-order valence-electron chi connectivity index (χ4n) is 3.35. The van der Waals surface area contributed by atoms with Crippen molar-refractivity contribution in [1.29, 1.82) is 0 Å². The number of amides is 2. The predicted molar refractivity (Wildman–Crippen MR) is 121 cm³/mol. The van der Waals surface area contributed by atoms with Crippen LogP contribution in [0.1, 0.15) is 22.8 Å². The number of ether oxygens (including phenoxy) is 3. The molecular weight excluding hydrogens is 410 g/mol. The Balaban J connectivity index is 1.37. The highest BCUT2D eigenvalue weighted by molar-refractivity contribution is 6.03. The second kappa shape index (κ2) is 9.82. The van der Waals surface area contributed by atoms with E-state index in [4.69, 9.17) is 14.2 Å². The molecule has 0 fully saturated rings. The standard InChI is InChI=1S/C24H23N3O5/c1-2-30-20-9-7-16-5-3-4-6-18(16)19(20)14-26-27-23(28)15-25-24(29)17-8-10-21-22(13-17)32-12-11-31-21/h3-10,13-14H,2,11-12,15H2,1H3,(H,25,29)(H,27,28)/b26-14+. The Morgan fingerprint density at radius 3 is 2.72 bits per heavy atom. The molecule has 0 aliphatic carbocycles. The highest BCUT2D eigenvalue weighted by Gasteiger charge is 2.15. The van der Waals surface area contributed by atoms with E-state index in [0.717, 1.165) is 16.3 Å². The molecule has 1 aliphatic rings. The Morgan fingerprint density at radius 1 is 1.06 bits per heavy atom. The van der Waals surface area contributed by atoms with Crippen LogP contribution in [0.2, 0.25) is 0 Å². The van der Waals surface area contributed by atoms with Gasteiger partial charge in [-0.2, -0.15) is 5.10 Å². The lowest BCUT2D eigenvalue weighted by Gasteiger charge is -2.18. The predicted octanol–water partition coefficient (Wildman–Crippen LogP) is 2.89. The third-order valence-electron chi connectivity index (χ3n) is 4.83. The average Bonchev–Trinajstić information content (AvgIpc) is 2.83. The van der Waals surface area contributed by atoms with Crippen molar-refractivity contribution in [3.63, 3.8) is 0 Å². The molecular formula is C24H23N3O5. The fraction of sp³-hybridized carbons (Fsp3) is 0.208. The van der Waals surface area contributed by atoms with Crippen LogP contribution in [0.5, 0.6) is 17.2 Å². The summed E-state index contributed by atoms with van der Waals surface area (Å²) in [6.07, 6.45) is 1.55. The van der Waals surface area contributed by atoms with Crippen LogP contribution in [0.25, 0.3) is 10.8 Å². The van der Waals surface area contributed by atoms with Gasteiger partial charge in [0.2, 0.25) is 0 Å². The van der Waals surface area contributed by atoms with Gasteiger partial charge in [-0.05, 0) is 42.0 Å². The quantitative estimate of drug-likeness (QED) is 0.441. The van der Waals surface area contributed by atoms with E-state index in [2.05, 4.69) is 15.8 Å². The maximum Gasteiger partial charge on any atom is 0.259 e. The first-order valence-electron chi connectivity index (χ1n) is 10.3. The van der Waals surface area contributed by atoms with Crippen LogP contribution in [0.15, 0.2) is 59.7 Å². The Bertz CT molecular complexity index is 1180. The minimum Gasteiger partial charge on any atom is -0.493 e. The summed E-state index contributed by atoms with van der Waals surface area (Å²) in [5.74, 6) is 0.938. The van der Waals surface area contributed by atoms with Gasteiger partial charge in [0, 0.05) is 11.1 Å². The highest BCUT2D eigenvalue weighted by atomic mass is 16.6. The van der Waals surface area contributed by atoms with E-state index in [1.807, 2.05) is 43.3 Å². The smallest absolute Gasteiger partial charge is 0.259 e. The molecule has 0 unspecified atom stereocenters. The minimum atomic E-state index is -0.453. The summed E-state index contributed by atoms with van der Waals surface area (Å²) in [7, 11) is 0.